The average Bonchev–Trinajstić information content (AvgIpc) is 2.67. The van der Waals surface area contributed by atoms with Crippen LogP contribution in [0.2, 0.25) is 0 Å². The molecule has 102 valence electrons. The monoisotopic (exact) mass is 280 g/mol. The minimum atomic E-state index is -0.238. The summed E-state index contributed by atoms with van der Waals surface area (Å²) in [6.45, 7) is 6.60. The molecule has 8 heteroatoms. The molecule has 2 heterocycles. The molecule has 0 aliphatic heterocycles. The molecule has 7 nitrogen and oxygen atoms in total. The Balaban J connectivity index is 2.39. The SMILES string of the molecule is CCNc1nc(C)nc(Sc2n[nH]c(=O)n2C)c1C. The molecule has 0 spiro atoms. The second-order valence-electron chi connectivity index (χ2n) is 4.05. The maximum atomic E-state index is 11.3. The van der Waals surface area contributed by atoms with E-state index in [1.54, 1.807) is 7.05 Å². The molecular formula is C11H16N6OS. The summed E-state index contributed by atoms with van der Waals surface area (Å²) in [5.74, 6) is 1.50. The molecule has 0 unspecified atom stereocenters. The lowest BCUT2D eigenvalue weighted by Gasteiger charge is -2.10. The van der Waals surface area contributed by atoms with E-state index in [1.165, 1.54) is 16.3 Å². The van der Waals surface area contributed by atoms with Crippen LogP contribution in [0.1, 0.15) is 18.3 Å². The van der Waals surface area contributed by atoms with Gasteiger partial charge in [-0.3, -0.25) is 4.57 Å². The van der Waals surface area contributed by atoms with Gasteiger partial charge < -0.3 is 5.32 Å². The Bertz CT molecular complexity index is 647. The van der Waals surface area contributed by atoms with Gasteiger partial charge in [0.25, 0.3) is 0 Å². The van der Waals surface area contributed by atoms with E-state index in [1.807, 2.05) is 20.8 Å². The van der Waals surface area contributed by atoms with Gasteiger partial charge in [-0.05, 0) is 32.5 Å². The number of aromatic nitrogens is 5. The fraction of sp³-hybridized carbons (Fsp3) is 0.455. The summed E-state index contributed by atoms with van der Waals surface area (Å²) in [7, 11) is 1.67. The fourth-order valence-electron chi connectivity index (χ4n) is 1.55. The van der Waals surface area contributed by atoms with Crippen molar-refractivity contribution < 1.29 is 0 Å². The third kappa shape index (κ3) is 2.78. The van der Waals surface area contributed by atoms with Crippen molar-refractivity contribution in [3.8, 4) is 0 Å². The van der Waals surface area contributed by atoms with Crippen LogP contribution in [0.5, 0.6) is 0 Å². The van der Waals surface area contributed by atoms with Crippen molar-refractivity contribution in [3.63, 3.8) is 0 Å². The van der Waals surface area contributed by atoms with Crippen molar-refractivity contribution >= 4 is 17.6 Å². The molecule has 19 heavy (non-hydrogen) atoms. The van der Waals surface area contributed by atoms with E-state index in [4.69, 9.17) is 0 Å². The number of hydrogen-bond acceptors (Lipinski definition) is 6. The first-order valence-corrected chi connectivity index (χ1v) is 6.73. The maximum Gasteiger partial charge on any atom is 0.343 e. The third-order valence-corrected chi connectivity index (χ3v) is 3.72. The Hall–Kier alpha value is -1.83. The highest BCUT2D eigenvalue weighted by molar-refractivity contribution is 7.99. The number of nitrogens with zero attached hydrogens (tertiary/aromatic N) is 4. The zero-order valence-corrected chi connectivity index (χ0v) is 12.1. The molecule has 0 bridgehead atoms. The van der Waals surface area contributed by atoms with Crippen molar-refractivity contribution in [2.24, 2.45) is 7.05 Å². The molecule has 0 amide bonds. The van der Waals surface area contributed by atoms with Gasteiger partial charge in [0.05, 0.1) is 0 Å². The van der Waals surface area contributed by atoms with Crippen LogP contribution in [-0.2, 0) is 7.05 Å². The van der Waals surface area contributed by atoms with Crippen LogP contribution in [0.4, 0.5) is 5.82 Å². The van der Waals surface area contributed by atoms with Gasteiger partial charge in [-0.25, -0.2) is 19.9 Å². The number of aryl methyl sites for hydroxylation is 1. The van der Waals surface area contributed by atoms with Crippen molar-refractivity contribution in [1.82, 2.24) is 24.7 Å². The van der Waals surface area contributed by atoms with Crippen LogP contribution in [0.15, 0.2) is 15.0 Å². The van der Waals surface area contributed by atoms with E-state index in [-0.39, 0.29) is 5.69 Å². The lowest BCUT2D eigenvalue weighted by atomic mass is 10.3. The molecular weight excluding hydrogens is 264 g/mol. The molecule has 0 aromatic carbocycles. The lowest BCUT2D eigenvalue weighted by molar-refractivity contribution is 0.763. The summed E-state index contributed by atoms with van der Waals surface area (Å²) < 4.78 is 1.45. The molecule has 0 aliphatic carbocycles. The number of rotatable bonds is 4. The zero-order valence-electron chi connectivity index (χ0n) is 11.3. The highest BCUT2D eigenvalue weighted by atomic mass is 32.2. The van der Waals surface area contributed by atoms with Gasteiger partial charge in [0.15, 0.2) is 5.16 Å². The van der Waals surface area contributed by atoms with E-state index in [9.17, 15) is 4.79 Å². The number of H-pyrrole nitrogens is 1. The summed E-state index contributed by atoms with van der Waals surface area (Å²) in [5.41, 5.74) is 0.714. The van der Waals surface area contributed by atoms with Gasteiger partial charge >= 0.3 is 5.69 Å². The van der Waals surface area contributed by atoms with E-state index < -0.39 is 0 Å². The normalized spacial score (nSPS) is 10.7. The molecule has 0 atom stereocenters. The first-order valence-electron chi connectivity index (χ1n) is 5.91. The molecule has 0 aliphatic rings. The quantitative estimate of drug-likeness (QED) is 0.815. The molecule has 2 aromatic heterocycles. The van der Waals surface area contributed by atoms with Gasteiger partial charge in [-0.15, -0.1) is 5.10 Å². The topological polar surface area (TPSA) is 88.5 Å². The van der Waals surface area contributed by atoms with E-state index >= 15 is 0 Å². The van der Waals surface area contributed by atoms with Crippen molar-refractivity contribution in [1.29, 1.82) is 0 Å². The predicted octanol–water partition coefficient (Wildman–Crippen LogP) is 1.10. The largest absolute Gasteiger partial charge is 0.370 e. The molecule has 0 radical (unpaired) electrons. The van der Waals surface area contributed by atoms with Crippen LogP contribution < -0.4 is 11.0 Å². The number of anilines is 1. The Morgan fingerprint density at radius 3 is 2.68 bits per heavy atom. The Labute approximate surface area is 114 Å². The zero-order chi connectivity index (χ0) is 14.0. The Morgan fingerprint density at radius 1 is 1.37 bits per heavy atom. The summed E-state index contributed by atoms with van der Waals surface area (Å²) >= 11 is 1.35. The highest BCUT2D eigenvalue weighted by Gasteiger charge is 2.13. The molecule has 2 aromatic rings. The van der Waals surface area contributed by atoms with Gasteiger partial charge in [-0.1, -0.05) is 0 Å². The predicted molar refractivity (Wildman–Crippen MR) is 73.6 cm³/mol. The third-order valence-electron chi connectivity index (χ3n) is 2.58. The highest BCUT2D eigenvalue weighted by Crippen LogP contribution is 2.29. The van der Waals surface area contributed by atoms with Crippen LogP contribution in [0.25, 0.3) is 0 Å². The molecule has 0 saturated carbocycles. The molecule has 2 N–H and O–H groups in total. The van der Waals surface area contributed by atoms with Crippen LogP contribution in [0.3, 0.4) is 0 Å². The van der Waals surface area contributed by atoms with E-state index in [0.29, 0.717) is 11.0 Å². The summed E-state index contributed by atoms with van der Waals surface area (Å²) in [6, 6.07) is 0. The summed E-state index contributed by atoms with van der Waals surface area (Å²) in [5, 5.41) is 10.9. The summed E-state index contributed by atoms with van der Waals surface area (Å²) in [6.07, 6.45) is 0. The van der Waals surface area contributed by atoms with Crippen molar-refractivity contribution in [2.75, 3.05) is 11.9 Å². The van der Waals surface area contributed by atoms with Crippen LogP contribution in [-0.4, -0.2) is 31.3 Å². The second kappa shape index (κ2) is 5.43. The van der Waals surface area contributed by atoms with Crippen molar-refractivity contribution in [3.05, 3.63) is 21.9 Å². The number of aromatic amines is 1. The average molecular weight is 280 g/mol. The summed E-state index contributed by atoms with van der Waals surface area (Å²) in [4.78, 5) is 20.1. The second-order valence-corrected chi connectivity index (χ2v) is 5.01. The Morgan fingerprint density at radius 2 is 2.11 bits per heavy atom. The maximum absolute atomic E-state index is 11.3. The molecule has 0 fully saturated rings. The van der Waals surface area contributed by atoms with Gasteiger partial charge in [0.2, 0.25) is 0 Å². The van der Waals surface area contributed by atoms with Gasteiger partial charge in [0, 0.05) is 19.2 Å². The van der Waals surface area contributed by atoms with Crippen molar-refractivity contribution in [2.45, 2.75) is 31.0 Å². The van der Waals surface area contributed by atoms with Crippen LogP contribution >= 0.6 is 11.8 Å². The Kier molecular flexibility index (Phi) is 3.89. The first kappa shape index (κ1) is 13.6. The van der Waals surface area contributed by atoms with Gasteiger partial charge in [-0.2, -0.15) is 0 Å². The lowest BCUT2D eigenvalue weighted by Crippen LogP contribution is -2.13. The minimum Gasteiger partial charge on any atom is -0.370 e. The minimum absolute atomic E-state index is 0.238. The fourth-order valence-corrected chi connectivity index (χ4v) is 2.46. The van der Waals surface area contributed by atoms with E-state index in [2.05, 4.69) is 25.5 Å². The number of hydrogen-bond donors (Lipinski definition) is 2. The molecule has 2 rings (SSSR count). The van der Waals surface area contributed by atoms with Crippen LogP contribution in [0, 0.1) is 13.8 Å². The smallest absolute Gasteiger partial charge is 0.343 e. The van der Waals surface area contributed by atoms with Gasteiger partial charge in [0.1, 0.15) is 16.7 Å². The standard InChI is InChI=1S/C11H16N6OS/c1-5-12-8-6(2)9(14-7(3)13-8)19-11-16-15-10(18)17(11)4/h5H2,1-4H3,(H,15,18)(H,12,13,14). The number of nitrogens with one attached hydrogen (secondary N) is 2. The van der Waals surface area contributed by atoms with E-state index in [0.717, 1.165) is 23.0 Å². The molecule has 0 saturated heterocycles. The first-order chi connectivity index (χ1) is 9.02.